The smallest absolute Gasteiger partial charge is 0.300 e. The third-order valence-electron chi connectivity index (χ3n) is 3.71. The average molecular weight is 297 g/mol. The van der Waals surface area contributed by atoms with Gasteiger partial charge >= 0.3 is 5.56 Å². The molecule has 1 unspecified atom stereocenters. The summed E-state index contributed by atoms with van der Waals surface area (Å²) in [5.41, 5.74) is 3.54. The topological polar surface area (TPSA) is 144 Å². The summed E-state index contributed by atoms with van der Waals surface area (Å²) in [5.74, 6) is -0.190. The van der Waals surface area contributed by atoms with E-state index in [1.54, 1.807) is 0 Å². The van der Waals surface area contributed by atoms with Crippen LogP contribution in [0.4, 0.5) is 5.95 Å². The van der Waals surface area contributed by atoms with Crippen LogP contribution in [0.5, 0.6) is 0 Å². The Balaban J connectivity index is 2.18. The van der Waals surface area contributed by atoms with Crippen molar-refractivity contribution < 1.29 is 24.5 Å². The first-order valence-corrected chi connectivity index (χ1v) is 6.30. The number of nitrogens with zero attached hydrogens (tertiary/aromatic N) is 2. The molecule has 2 aromatic heterocycles. The van der Waals surface area contributed by atoms with E-state index in [1.807, 2.05) is 0 Å². The molecule has 2 aromatic rings. The lowest BCUT2D eigenvalue weighted by Gasteiger charge is -2.28. The number of fused-ring (bicyclic) bond motifs is 1. The zero-order chi connectivity index (χ0) is 15.4. The standard InChI is InChI=1S/C12H15N3O6/c1-12(19)8(17)6(4-16)21-10(12)15-9(18)7-5(2-3-20-7)14-11(15)13/h2-3,6,8,10,16-17,19H,4H2,1H3,(H2,13,14)/t6-,8-,10?,12-/m1/s1. The van der Waals surface area contributed by atoms with E-state index in [2.05, 4.69) is 4.98 Å². The molecule has 3 rings (SSSR count). The van der Waals surface area contributed by atoms with Crippen molar-refractivity contribution in [3.05, 3.63) is 22.7 Å². The molecule has 0 radical (unpaired) electrons. The summed E-state index contributed by atoms with van der Waals surface area (Å²) in [6.07, 6.45) is -2.42. The minimum atomic E-state index is -1.83. The molecule has 0 bridgehead atoms. The molecule has 0 spiro atoms. The number of nitrogens with two attached hydrogens (primary N) is 1. The van der Waals surface area contributed by atoms with Gasteiger partial charge in [-0.2, -0.15) is 0 Å². The number of nitrogen functional groups attached to an aromatic ring is 1. The molecular formula is C12H15N3O6. The lowest BCUT2D eigenvalue weighted by molar-refractivity contribution is -0.0973. The summed E-state index contributed by atoms with van der Waals surface area (Å²) in [7, 11) is 0. The van der Waals surface area contributed by atoms with E-state index in [4.69, 9.17) is 20.0 Å². The van der Waals surface area contributed by atoms with Gasteiger partial charge in [0.2, 0.25) is 11.5 Å². The third-order valence-corrected chi connectivity index (χ3v) is 3.71. The molecule has 0 amide bonds. The van der Waals surface area contributed by atoms with Crippen LogP contribution in [0.25, 0.3) is 11.1 Å². The zero-order valence-electron chi connectivity index (χ0n) is 11.1. The zero-order valence-corrected chi connectivity index (χ0v) is 11.1. The summed E-state index contributed by atoms with van der Waals surface area (Å²) in [5, 5.41) is 29.5. The molecule has 114 valence electrons. The fourth-order valence-corrected chi connectivity index (χ4v) is 2.53. The Labute approximate surface area is 118 Å². The predicted molar refractivity (Wildman–Crippen MR) is 70.3 cm³/mol. The number of furan rings is 1. The molecule has 21 heavy (non-hydrogen) atoms. The normalized spacial score (nSPS) is 32.9. The first-order valence-electron chi connectivity index (χ1n) is 6.30. The van der Waals surface area contributed by atoms with E-state index in [-0.39, 0.29) is 17.0 Å². The van der Waals surface area contributed by atoms with Gasteiger partial charge in [-0.3, -0.25) is 4.79 Å². The van der Waals surface area contributed by atoms with Gasteiger partial charge < -0.3 is 30.2 Å². The molecule has 4 atom stereocenters. The van der Waals surface area contributed by atoms with Crippen LogP contribution in [0, 0.1) is 0 Å². The highest BCUT2D eigenvalue weighted by molar-refractivity contribution is 5.72. The Hall–Kier alpha value is -1.94. The van der Waals surface area contributed by atoms with Crippen LogP contribution in [-0.4, -0.2) is 49.3 Å². The minimum Gasteiger partial charge on any atom is -0.457 e. The Morgan fingerprint density at radius 2 is 2.29 bits per heavy atom. The quantitative estimate of drug-likeness (QED) is 0.528. The number of aliphatic hydroxyl groups excluding tert-OH is 2. The predicted octanol–water partition coefficient (Wildman–Crippen LogP) is -1.43. The number of aliphatic hydroxyl groups is 3. The highest BCUT2D eigenvalue weighted by Crippen LogP contribution is 2.38. The van der Waals surface area contributed by atoms with Gasteiger partial charge in [0.05, 0.1) is 12.9 Å². The molecular weight excluding hydrogens is 282 g/mol. The van der Waals surface area contributed by atoms with Gasteiger partial charge in [-0.25, -0.2) is 9.55 Å². The van der Waals surface area contributed by atoms with Gasteiger partial charge in [0.1, 0.15) is 23.3 Å². The molecule has 1 saturated heterocycles. The van der Waals surface area contributed by atoms with Crippen LogP contribution in [0.3, 0.4) is 0 Å². The van der Waals surface area contributed by atoms with Gasteiger partial charge in [-0.15, -0.1) is 0 Å². The molecule has 0 saturated carbocycles. The second-order valence-electron chi connectivity index (χ2n) is 5.16. The monoisotopic (exact) mass is 297 g/mol. The third kappa shape index (κ3) is 1.86. The highest BCUT2D eigenvalue weighted by atomic mass is 16.6. The Kier molecular flexibility index (Phi) is 3.02. The molecule has 9 nitrogen and oxygen atoms in total. The van der Waals surface area contributed by atoms with Gasteiger partial charge in [0, 0.05) is 6.07 Å². The van der Waals surface area contributed by atoms with Crippen molar-refractivity contribution in [2.24, 2.45) is 0 Å². The van der Waals surface area contributed by atoms with E-state index >= 15 is 0 Å². The van der Waals surface area contributed by atoms with Gasteiger partial charge in [-0.05, 0) is 6.92 Å². The van der Waals surface area contributed by atoms with Crippen LogP contribution in [0.2, 0.25) is 0 Å². The number of ether oxygens (including phenoxy) is 1. The Morgan fingerprint density at radius 1 is 1.57 bits per heavy atom. The summed E-state index contributed by atoms with van der Waals surface area (Å²) >= 11 is 0. The van der Waals surface area contributed by atoms with Crippen molar-refractivity contribution >= 4 is 17.0 Å². The molecule has 1 aliphatic rings. The fraction of sp³-hybridized carbons (Fsp3) is 0.500. The summed E-state index contributed by atoms with van der Waals surface area (Å²) in [4.78, 5) is 16.4. The first kappa shape index (κ1) is 14.0. The molecule has 1 aliphatic heterocycles. The van der Waals surface area contributed by atoms with Crippen LogP contribution < -0.4 is 11.3 Å². The molecule has 0 aromatic carbocycles. The van der Waals surface area contributed by atoms with Gasteiger partial charge in [0.25, 0.3) is 0 Å². The Bertz CT molecular complexity index is 736. The number of aromatic nitrogens is 2. The summed E-state index contributed by atoms with van der Waals surface area (Å²) in [6.45, 7) is 0.773. The largest absolute Gasteiger partial charge is 0.457 e. The van der Waals surface area contributed by atoms with E-state index in [9.17, 15) is 15.0 Å². The lowest BCUT2D eigenvalue weighted by atomic mass is 9.96. The number of hydrogen-bond acceptors (Lipinski definition) is 8. The van der Waals surface area contributed by atoms with Crippen molar-refractivity contribution in [2.75, 3.05) is 12.3 Å². The SMILES string of the molecule is C[C@]1(O)C(n2c(N)nc3ccoc3c2=O)O[C@H](CO)[C@H]1O. The van der Waals surface area contributed by atoms with E-state index in [0.29, 0.717) is 0 Å². The maximum absolute atomic E-state index is 12.4. The summed E-state index contributed by atoms with van der Waals surface area (Å²) < 4.78 is 11.3. The van der Waals surface area contributed by atoms with Crippen LogP contribution in [-0.2, 0) is 4.74 Å². The summed E-state index contributed by atoms with van der Waals surface area (Å²) in [6, 6.07) is 1.48. The van der Waals surface area contributed by atoms with E-state index < -0.39 is 36.2 Å². The fourth-order valence-electron chi connectivity index (χ4n) is 2.53. The molecule has 1 fully saturated rings. The maximum atomic E-state index is 12.4. The molecule has 3 heterocycles. The van der Waals surface area contributed by atoms with Crippen LogP contribution in [0.15, 0.2) is 21.5 Å². The number of rotatable bonds is 2. The van der Waals surface area contributed by atoms with Crippen molar-refractivity contribution in [2.45, 2.75) is 31.0 Å². The number of hydrogen-bond donors (Lipinski definition) is 4. The molecule has 0 aliphatic carbocycles. The minimum absolute atomic E-state index is 0.0365. The van der Waals surface area contributed by atoms with E-state index in [0.717, 1.165) is 4.57 Å². The average Bonchev–Trinajstić information content (AvgIpc) is 2.96. The van der Waals surface area contributed by atoms with Crippen LogP contribution in [0.1, 0.15) is 13.2 Å². The maximum Gasteiger partial charge on any atom is 0.300 e. The first-order chi connectivity index (χ1) is 9.87. The Morgan fingerprint density at radius 3 is 2.90 bits per heavy atom. The second-order valence-corrected chi connectivity index (χ2v) is 5.16. The highest BCUT2D eigenvalue weighted by Gasteiger charge is 2.53. The van der Waals surface area contributed by atoms with Crippen molar-refractivity contribution in [1.82, 2.24) is 9.55 Å². The second kappa shape index (κ2) is 4.53. The number of anilines is 1. The van der Waals surface area contributed by atoms with Gasteiger partial charge in [-0.1, -0.05) is 0 Å². The van der Waals surface area contributed by atoms with Crippen molar-refractivity contribution in [3.63, 3.8) is 0 Å². The van der Waals surface area contributed by atoms with Crippen molar-refractivity contribution in [1.29, 1.82) is 0 Å². The van der Waals surface area contributed by atoms with Crippen molar-refractivity contribution in [3.8, 4) is 0 Å². The van der Waals surface area contributed by atoms with E-state index in [1.165, 1.54) is 19.3 Å². The van der Waals surface area contributed by atoms with Gasteiger partial charge in [0.15, 0.2) is 6.23 Å². The molecule has 5 N–H and O–H groups in total. The lowest BCUT2D eigenvalue weighted by Crippen LogP contribution is -2.46. The molecule has 9 heteroatoms. The van der Waals surface area contributed by atoms with Crippen LogP contribution >= 0.6 is 0 Å².